The summed E-state index contributed by atoms with van der Waals surface area (Å²) in [7, 11) is -2.27. The average molecular weight is 300 g/mol. The number of hydrogen-bond acceptors (Lipinski definition) is 5. The minimum absolute atomic E-state index is 0.0582. The Labute approximate surface area is 119 Å². The van der Waals surface area contributed by atoms with Crippen LogP contribution in [0.3, 0.4) is 0 Å². The molecule has 7 nitrogen and oxygen atoms in total. The van der Waals surface area contributed by atoms with Crippen LogP contribution in [0, 0.1) is 0 Å². The topological polar surface area (TPSA) is 100 Å². The Bertz CT molecular complexity index is 572. The minimum Gasteiger partial charge on any atom is -0.386 e. The zero-order chi connectivity index (χ0) is 15.3. The molecule has 1 unspecified atom stereocenters. The van der Waals surface area contributed by atoms with E-state index in [9.17, 15) is 13.2 Å². The summed E-state index contributed by atoms with van der Waals surface area (Å²) in [5.41, 5.74) is 0.372. The standard InChI is InChI=1S/C12H20N4O3S/c1-8(2)15-11(17)9(3)16-20(18,19)12-10(13-4)6-5-7-14-12/h5-9,13,16H,1-4H3,(H,15,17). The molecular weight excluding hydrogens is 280 g/mol. The first-order chi connectivity index (χ1) is 9.27. The van der Waals surface area contributed by atoms with E-state index in [0.717, 1.165) is 0 Å². The van der Waals surface area contributed by atoms with Gasteiger partial charge in [-0.05, 0) is 32.9 Å². The van der Waals surface area contributed by atoms with Gasteiger partial charge in [0.1, 0.15) is 0 Å². The molecule has 0 aliphatic rings. The lowest BCUT2D eigenvalue weighted by atomic mass is 10.3. The van der Waals surface area contributed by atoms with Gasteiger partial charge in [-0.25, -0.2) is 13.4 Å². The lowest BCUT2D eigenvalue weighted by Gasteiger charge is -2.16. The van der Waals surface area contributed by atoms with E-state index in [0.29, 0.717) is 5.69 Å². The Morgan fingerprint density at radius 3 is 2.50 bits per heavy atom. The molecule has 20 heavy (non-hydrogen) atoms. The third-order valence-electron chi connectivity index (χ3n) is 2.45. The predicted octanol–water partition coefficient (Wildman–Crippen LogP) is 0.315. The third kappa shape index (κ3) is 4.17. The number of sulfonamides is 1. The monoisotopic (exact) mass is 300 g/mol. The molecule has 8 heteroatoms. The van der Waals surface area contributed by atoms with Crippen LogP contribution in [0.25, 0.3) is 0 Å². The van der Waals surface area contributed by atoms with Gasteiger partial charge in [0, 0.05) is 19.3 Å². The van der Waals surface area contributed by atoms with Crippen LogP contribution in [0.15, 0.2) is 23.4 Å². The fourth-order valence-electron chi connectivity index (χ4n) is 1.55. The van der Waals surface area contributed by atoms with Gasteiger partial charge >= 0.3 is 0 Å². The molecule has 0 fully saturated rings. The summed E-state index contributed by atoms with van der Waals surface area (Å²) in [4.78, 5) is 15.6. The van der Waals surface area contributed by atoms with Crippen LogP contribution in [0.5, 0.6) is 0 Å². The van der Waals surface area contributed by atoms with E-state index in [1.54, 1.807) is 33.0 Å². The van der Waals surface area contributed by atoms with Gasteiger partial charge < -0.3 is 10.6 Å². The van der Waals surface area contributed by atoms with Crippen LogP contribution < -0.4 is 15.4 Å². The highest BCUT2D eigenvalue weighted by Crippen LogP contribution is 2.17. The van der Waals surface area contributed by atoms with Gasteiger partial charge in [0.2, 0.25) is 5.91 Å². The van der Waals surface area contributed by atoms with Gasteiger partial charge in [0.15, 0.2) is 5.03 Å². The molecular formula is C12H20N4O3S. The molecule has 1 heterocycles. The van der Waals surface area contributed by atoms with Gasteiger partial charge in [-0.1, -0.05) is 0 Å². The number of rotatable bonds is 6. The normalized spacial score (nSPS) is 13.1. The zero-order valence-corrected chi connectivity index (χ0v) is 12.8. The average Bonchev–Trinajstić information content (AvgIpc) is 2.37. The Morgan fingerprint density at radius 1 is 1.30 bits per heavy atom. The zero-order valence-electron chi connectivity index (χ0n) is 12.0. The van der Waals surface area contributed by atoms with E-state index < -0.39 is 16.1 Å². The first-order valence-corrected chi connectivity index (χ1v) is 7.71. The highest BCUT2D eigenvalue weighted by molar-refractivity contribution is 7.89. The van der Waals surface area contributed by atoms with Gasteiger partial charge in [-0.3, -0.25) is 4.79 Å². The van der Waals surface area contributed by atoms with Crippen molar-refractivity contribution in [2.24, 2.45) is 0 Å². The summed E-state index contributed by atoms with van der Waals surface area (Å²) in [5, 5.41) is 5.26. The van der Waals surface area contributed by atoms with Crippen molar-refractivity contribution in [2.75, 3.05) is 12.4 Å². The lowest BCUT2D eigenvalue weighted by Crippen LogP contribution is -2.46. The number of pyridine rings is 1. The van der Waals surface area contributed by atoms with Gasteiger partial charge in [0.05, 0.1) is 11.7 Å². The van der Waals surface area contributed by atoms with Crippen molar-refractivity contribution in [1.82, 2.24) is 15.0 Å². The Balaban J connectivity index is 2.92. The van der Waals surface area contributed by atoms with Crippen molar-refractivity contribution in [3.63, 3.8) is 0 Å². The van der Waals surface area contributed by atoms with Crippen LogP contribution in [0.4, 0.5) is 5.69 Å². The fourth-order valence-corrected chi connectivity index (χ4v) is 2.89. The Hall–Kier alpha value is -1.67. The number of carbonyl (C=O) groups excluding carboxylic acids is 1. The number of anilines is 1. The summed E-state index contributed by atoms with van der Waals surface area (Å²) in [6.07, 6.45) is 1.38. The highest BCUT2D eigenvalue weighted by atomic mass is 32.2. The van der Waals surface area contributed by atoms with Crippen LogP contribution in [0.2, 0.25) is 0 Å². The fraction of sp³-hybridized carbons (Fsp3) is 0.500. The maximum absolute atomic E-state index is 12.2. The quantitative estimate of drug-likeness (QED) is 0.702. The van der Waals surface area contributed by atoms with Gasteiger partial charge in [0.25, 0.3) is 10.0 Å². The molecule has 0 aromatic carbocycles. The number of aromatic nitrogens is 1. The van der Waals surface area contributed by atoms with E-state index in [-0.39, 0.29) is 17.0 Å². The van der Waals surface area contributed by atoms with Gasteiger partial charge in [-0.2, -0.15) is 4.72 Å². The highest BCUT2D eigenvalue weighted by Gasteiger charge is 2.25. The second-order valence-electron chi connectivity index (χ2n) is 4.61. The molecule has 0 aliphatic carbocycles. The van der Waals surface area contributed by atoms with E-state index in [1.165, 1.54) is 13.1 Å². The molecule has 0 aliphatic heterocycles. The van der Waals surface area contributed by atoms with E-state index in [1.807, 2.05) is 0 Å². The van der Waals surface area contributed by atoms with Crippen molar-refractivity contribution in [1.29, 1.82) is 0 Å². The van der Waals surface area contributed by atoms with Crippen molar-refractivity contribution < 1.29 is 13.2 Å². The Kier molecular flexibility index (Phi) is 5.46. The summed E-state index contributed by atoms with van der Waals surface area (Å²) in [6, 6.07) is 2.28. The van der Waals surface area contributed by atoms with Crippen molar-refractivity contribution in [3.05, 3.63) is 18.3 Å². The molecule has 0 radical (unpaired) electrons. The molecule has 1 rings (SSSR count). The smallest absolute Gasteiger partial charge is 0.260 e. The number of hydrogen-bond donors (Lipinski definition) is 3. The second-order valence-corrected chi connectivity index (χ2v) is 6.24. The van der Waals surface area contributed by atoms with E-state index in [4.69, 9.17) is 0 Å². The third-order valence-corrected chi connectivity index (χ3v) is 3.95. The van der Waals surface area contributed by atoms with Crippen LogP contribution >= 0.6 is 0 Å². The first kappa shape index (κ1) is 16.4. The summed E-state index contributed by atoms with van der Waals surface area (Å²) >= 11 is 0. The molecule has 0 spiro atoms. The van der Waals surface area contributed by atoms with Crippen LogP contribution in [0.1, 0.15) is 20.8 Å². The molecule has 0 saturated heterocycles. The van der Waals surface area contributed by atoms with E-state index >= 15 is 0 Å². The summed E-state index contributed by atoms with van der Waals surface area (Å²) in [5.74, 6) is -0.384. The first-order valence-electron chi connectivity index (χ1n) is 6.23. The molecule has 1 aromatic heterocycles. The summed E-state index contributed by atoms with van der Waals surface area (Å²) in [6.45, 7) is 5.09. The number of amides is 1. The molecule has 0 saturated carbocycles. The maximum Gasteiger partial charge on any atom is 0.260 e. The van der Waals surface area contributed by atoms with Crippen LogP contribution in [-0.2, 0) is 14.8 Å². The predicted molar refractivity (Wildman–Crippen MR) is 76.8 cm³/mol. The molecule has 1 atom stereocenters. The number of nitrogens with zero attached hydrogens (tertiary/aromatic N) is 1. The Morgan fingerprint density at radius 2 is 1.95 bits per heavy atom. The second kappa shape index (κ2) is 6.67. The molecule has 112 valence electrons. The van der Waals surface area contributed by atoms with Crippen LogP contribution in [-0.4, -0.2) is 38.4 Å². The largest absolute Gasteiger partial charge is 0.386 e. The van der Waals surface area contributed by atoms with E-state index in [2.05, 4.69) is 20.3 Å². The number of carbonyl (C=O) groups is 1. The van der Waals surface area contributed by atoms with Gasteiger partial charge in [-0.15, -0.1) is 0 Å². The van der Waals surface area contributed by atoms with Crippen molar-refractivity contribution in [2.45, 2.75) is 37.9 Å². The molecule has 1 amide bonds. The SMILES string of the molecule is CNc1cccnc1S(=O)(=O)NC(C)C(=O)NC(C)C. The lowest BCUT2D eigenvalue weighted by molar-refractivity contribution is -0.122. The maximum atomic E-state index is 12.2. The molecule has 0 bridgehead atoms. The number of nitrogens with one attached hydrogen (secondary N) is 3. The molecule has 1 aromatic rings. The van der Waals surface area contributed by atoms with Crippen molar-refractivity contribution >= 4 is 21.6 Å². The minimum atomic E-state index is -3.87. The van der Waals surface area contributed by atoms with Crippen molar-refractivity contribution in [3.8, 4) is 0 Å². The summed E-state index contributed by atoms with van der Waals surface area (Å²) < 4.78 is 26.7. The molecule has 3 N–H and O–H groups in total.